The average Bonchev–Trinajstić information content (AvgIpc) is 2.99. The Hall–Kier alpha value is -2.49. The van der Waals surface area contributed by atoms with Gasteiger partial charge in [-0.15, -0.1) is 0 Å². The first-order valence-corrected chi connectivity index (χ1v) is 9.81. The van der Waals surface area contributed by atoms with E-state index in [1.54, 1.807) is 18.2 Å². The van der Waals surface area contributed by atoms with Crippen LogP contribution in [0.25, 0.3) is 11.1 Å². The van der Waals surface area contributed by atoms with Gasteiger partial charge in [-0.25, -0.2) is 4.79 Å². The van der Waals surface area contributed by atoms with Crippen molar-refractivity contribution in [2.24, 2.45) is 0 Å². The van der Waals surface area contributed by atoms with Gasteiger partial charge >= 0.3 is 5.97 Å². The molecule has 28 heavy (non-hydrogen) atoms. The van der Waals surface area contributed by atoms with Crippen LogP contribution in [0.4, 0.5) is 5.69 Å². The highest BCUT2D eigenvalue weighted by molar-refractivity contribution is 6.36. The molecule has 1 aliphatic rings. The lowest BCUT2D eigenvalue weighted by Crippen LogP contribution is -2.25. The number of hydrogen-bond donors (Lipinski definition) is 1. The molecule has 1 saturated heterocycles. The van der Waals surface area contributed by atoms with Crippen LogP contribution in [-0.4, -0.2) is 12.0 Å². The Morgan fingerprint density at radius 1 is 0.964 bits per heavy atom. The smallest absolute Gasteiger partial charge is 0.329 e. The van der Waals surface area contributed by atoms with Crippen LogP contribution in [-0.2, 0) is 15.1 Å². The van der Waals surface area contributed by atoms with Gasteiger partial charge in [0.2, 0.25) is 0 Å². The molecule has 1 aliphatic heterocycles. The van der Waals surface area contributed by atoms with Gasteiger partial charge < -0.3 is 10.1 Å². The molecule has 2 unspecified atom stereocenters. The maximum absolute atomic E-state index is 12.5. The molecule has 5 heteroatoms. The third-order valence-corrected chi connectivity index (χ3v) is 5.62. The first kappa shape index (κ1) is 18.9. The Morgan fingerprint density at radius 3 is 2.32 bits per heavy atom. The van der Waals surface area contributed by atoms with E-state index in [4.69, 9.17) is 27.9 Å². The van der Waals surface area contributed by atoms with Crippen LogP contribution in [0.15, 0.2) is 72.8 Å². The van der Waals surface area contributed by atoms with E-state index in [0.717, 1.165) is 16.7 Å². The topological polar surface area (TPSA) is 38.3 Å². The number of nitrogens with one attached hydrogen (secondary N) is 1. The minimum atomic E-state index is -0.692. The molecule has 2 atom stereocenters. The number of rotatable bonds is 4. The first-order valence-electron chi connectivity index (χ1n) is 9.05. The van der Waals surface area contributed by atoms with Crippen LogP contribution in [0.3, 0.4) is 0 Å². The van der Waals surface area contributed by atoms with E-state index in [9.17, 15) is 4.79 Å². The molecule has 3 nitrogen and oxygen atoms in total. The fraction of sp³-hybridized carbons (Fsp3) is 0.174. The van der Waals surface area contributed by atoms with Crippen molar-refractivity contribution in [3.63, 3.8) is 0 Å². The van der Waals surface area contributed by atoms with Crippen molar-refractivity contribution in [1.29, 1.82) is 0 Å². The Kier molecular flexibility index (Phi) is 5.05. The second kappa shape index (κ2) is 7.50. The number of carbonyl (C=O) groups excluding carboxylic acids is 1. The number of hydrogen-bond acceptors (Lipinski definition) is 3. The molecule has 1 fully saturated rings. The standard InChI is InChI=1S/C23H19Cl2NO2/c1-23(17-9-7-16(8-10-17)15-5-3-2-4-6-15)14-21(22(27)28-23)26-20-12-11-18(24)13-19(20)25/h2-13,21,26H,14H2,1H3. The molecule has 3 aromatic rings. The van der Waals surface area contributed by atoms with Crippen LogP contribution < -0.4 is 5.32 Å². The fourth-order valence-electron chi connectivity index (χ4n) is 3.53. The summed E-state index contributed by atoms with van der Waals surface area (Å²) < 4.78 is 5.76. The molecular formula is C23H19Cl2NO2. The Morgan fingerprint density at radius 2 is 1.64 bits per heavy atom. The maximum Gasteiger partial charge on any atom is 0.329 e. The zero-order valence-electron chi connectivity index (χ0n) is 15.3. The van der Waals surface area contributed by atoms with Gasteiger partial charge in [-0.1, -0.05) is 77.8 Å². The van der Waals surface area contributed by atoms with Crippen molar-refractivity contribution in [2.45, 2.75) is 25.0 Å². The van der Waals surface area contributed by atoms with Gasteiger partial charge in [0.15, 0.2) is 0 Å². The Balaban J connectivity index is 1.53. The minimum absolute atomic E-state index is 0.291. The largest absolute Gasteiger partial charge is 0.453 e. The molecular weight excluding hydrogens is 393 g/mol. The zero-order valence-corrected chi connectivity index (χ0v) is 16.8. The van der Waals surface area contributed by atoms with Gasteiger partial charge in [-0.2, -0.15) is 0 Å². The molecule has 1 heterocycles. The molecule has 0 aromatic heterocycles. The summed E-state index contributed by atoms with van der Waals surface area (Å²) in [5, 5.41) is 4.21. The zero-order chi connectivity index (χ0) is 19.7. The molecule has 0 bridgehead atoms. The summed E-state index contributed by atoms with van der Waals surface area (Å²) in [6.07, 6.45) is 0.509. The number of carbonyl (C=O) groups is 1. The fourth-order valence-corrected chi connectivity index (χ4v) is 4.00. The monoisotopic (exact) mass is 411 g/mol. The normalized spacial score (nSPS) is 21.4. The van der Waals surface area contributed by atoms with Crippen molar-refractivity contribution in [3.05, 3.63) is 88.4 Å². The van der Waals surface area contributed by atoms with Crippen LogP contribution in [0, 0.1) is 0 Å². The summed E-state index contributed by atoms with van der Waals surface area (Å²) in [5.41, 5.74) is 3.21. The van der Waals surface area contributed by atoms with Crippen LogP contribution >= 0.6 is 23.2 Å². The lowest BCUT2D eigenvalue weighted by Gasteiger charge is -2.23. The summed E-state index contributed by atoms with van der Waals surface area (Å²) in [7, 11) is 0. The average molecular weight is 412 g/mol. The van der Waals surface area contributed by atoms with Crippen LogP contribution in [0.5, 0.6) is 0 Å². The van der Waals surface area contributed by atoms with E-state index in [2.05, 4.69) is 29.6 Å². The van der Waals surface area contributed by atoms with Crippen molar-refractivity contribution in [1.82, 2.24) is 0 Å². The van der Waals surface area contributed by atoms with Crippen molar-refractivity contribution in [3.8, 4) is 11.1 Å². The molecule has 4 rings (SSSR count). The lowest BCUT2D eigenvalue weighted by atomic mass is 9.90. The molecule has 0 amide bonds. The molecule has 1 N–H and O–H groups in total. The van der Waals surface area contributed by atoms with Gasteiger partial charge in [0.1, 0.15) is 11.6 Å². The van der Waals surface area contributed by atoms with E-state index in [1.807, 2.05) is 37.3 Å². The summed E-state index contributed by atoms with van der Waals surface area (Å²) in [4.78, 5) is 12.5. The second-order valence-electron chi connectivity index (χ2n) is 7.12. The molecule has 3 aromatic carbocycles. The Labute approximate surface area is 174 Å². The number of cyclic esters (lactones) is 1. The third kappa shape index (κ3) is 3.73. The van der Waals surface area contributed by atoms with Crippen LogP contribution in [0.2, 0.25) is 10.0 Å². The summed E-state index contributed by atoms with van der Waals surface area (Å²) >= 11 is 12.2. The third-order valence-electron chi connectivity index (χ3n) is 5.07. The molecule has 142 valence electrons. The predicted molar refractivity (Wildman–Crippen MR) is 114 cm³/mol. The van der Waals surface area contributed by atoms with E-state index >= 15 is 0 Å². The van der Waals surface area contributed by atoms with Crippen LogP contribution in [0.1, 0.15) is 18.9 Å². The molecule has 0 radical (unpaired) electrons. The number of ether oxygens (including phenoxy) is 1. The summed E-state index contributed by atoms with van der Waals surface area (Å²) in [5.74, 6) is -0.291. The summed E-state index contributed by atoms with van der Waals surface area (Å²) in [6, 6.07) is 23.0. The molecule has 0 saturated carbocycles. The quantitative estimate of drug-likeness (QED) is 0.511. The van der Waals surface area contributed by atoms with E-state index in [-0.39, 0.29) is 5.97 Å². The molecule has 0 spiro atoms. The van der Waals surface area contributed by atoms with Gasteiger partial charge in [0.05, 0.1) is 10.7 Å². The van der Waals surface area contributed by atoms with Crippen molar-refractivity contribution >= 4 is 34.9 Å². The number of anilines is 1. The van der Waals surface area contributed by atoms with E-state index < -0.39 is 11.6 Å². The van der Waals surface area contributed by atoms with Gasteiger partial charge in [-0.05, 0) is 41.8 Å². The minimum Gasteiger partial charge on any atom is -0.453 e. The predicted octanol–water partition coefficient (Wildman–Crippen LogP) is 6.30. The summed E-state index contributed by atoms with van der Waals surface area (Å²) in [6.45, 7) is 1.94. The first-order chi connectivity index (χ1) is 13.4. The van der Waals surface area contributed by atoms with E-state index in [0.29, 0.717) is 22.2 Å². The molecule has 0 aliphatic carbocycles. The Bertz CT molecular complexity index is 1000. The maximum atomic E-state index is 12.5. The van der Waals surface area contributed by atoms with E-state index in [1.165, 1.54) is 0 Å². The number of halogens is 2. The number of esters is 1. The second-order valence-corrected chi connectivity index (χ2v) is 7.96. The van der Waals surface area contributed by atoms with Crippen molar-refractivity contribution in [2.75, 3.05) is 5.32 Å². The van der Waals surface area contributed by atoms with Gasteiger partial charge in [0.25, 0.3) is 0 Å². The highest BCUT2D eigenvalue weighted by Crippen LogP contribution is 2.39. The lowest BCUT2D eigenvalue weighted by molar-refractivity contribution is -0.148. The SMILES string of the molecule is CC1(c2ccc(-c3ccccc3)cc2)CC(Nc2ccc(Cl)cc2Cl)C(=O)O1. The van der Waals surface area contributed by atoms with Gasteiger partial charge in [0, 0.05) is 11.4 Å². The van der Waals surface area contributed by atoms with Gasteiger partial charge in [-0.3, -0.25) is 0 Å². The van der Waals surface area contributed by atoms with Crippen molar-refractivity contribution < 1.29 is 9.53 Å². The highest BCUT2D eigenvalue weighted by atomic mass is 35.5. The number of benzene rings is 3. The highest BCUT2D eigenvalue weighted by Gasteiger charge is 2.44.